The first-order valence-corrected chi connectivity index (χ1v) is 6.48. The lowest BCUT2D eigenvalue weighted by molar-refractivity contribution is -0.132. The minimum absolute atomic E-state index is 0.00890. The molecule has 0 spiro atoms. The van der Waals surface area contributed by atoms with E-state index >= 15 is 0 Å². The first kappa shape index (κ1) is 14.1. The topological polar surface area (TPSA) is 106 Å². The number of hydrogen-bond acceptors (Lipinski definition) is 5. The van der Waals surface area contributed by atoms with Crippen LogP contribution in [0.1, 0.15) is 25.7 Å². The Bertz CT molecular complexity index is 373. The molecule has 4 N–H and O–H groups in total. The molecule has 0 aromatic rings. The number of nitrogens with one attached hydrogen (secondary N) is 1. The van der Waals surface area contributed by atoms with Crippen molar-refractivity contribution >= 4 is 11.7 Å². The van der Waals surface area contributed by atoms with E-state index in [2.05, 4.69) is 10.5 Å². The van der Waals surface area contributed by atoms with Gasteiger partial charge in [0.05, 0.1) is 6.61 Å². The first-order chi connectivity index (χ1) is 9.08. The third-order valence-corrected chi connectivity index (χ3v) is 4.31. The largest absolute Gasteiger partial charge is 0.409 e. The van der Waals surface area contributed by atoms with Gasteiger partial charge in [-0.25, -0.2) is 0 Å². The summed E-state index contributed by atoms with van der Waals surface area (Å²) in [6.45, 7) is 1.48. The highest BCUT2D eigenvalue weighted by Crippen LogP contribution is 2.41. The van der Waals surface area contributed by atoms with E-state index in [1.807, 2.05) is 0 Å². The van der Waals surface area contributed by atoms with Crippen molar-refractivity contribution in [2.45, 2.75) is 31.3 Å². The second kappa shape index (κ2) is 5.34. The van der Waals surface area contributed by atoms with Crippen LogP contribution in [0.3, 0.4) is 0 Å². The molecule has 1 aliphatic heterocycles. The molecule has 108 valence electrons. The van der Waals surface area contributed by atoms with Crippen LogP contribution in [0.15, 0.2) is 5.16 Å². The number of nitrogens with zero attached hydrogens (tertiary/aromatic N) is 1. The summed E-state index contributed by atoms with van der Waals surface area (Å²) in [4.78, 5) is 12.3. The van der Waals surface area contributed by atoms with Gasteiger partial charge < -0.3 is 25.7 Å². The molecule has 1 unspecified atom stereocenters. The maximum absolute atomic E-state index is 12.3. The maximum Gasteiger partial charge on any atom is 0.234 e. The number of amides is 1. The zero-order chi connectivity index (χ0) is 13.9. The standard InChI is InChI=1S/C12H21N3O4/c1-18-11(5-6-19-8-11)7-14-10(16)12(3-2-4-12)9(13)15-17/h17H,2-8H2,1H3,(H2,13,15)(H,14,16). The van der Waals surface area contributed by atoms with E-state index in [9.17, 15) is 4.79 Å². The van der Waals surface area contributed by atoms with Crippen molar-refractivity contribution in [3.8, 4) is 0 Å². The van der Waals surface area contributed by atoms with E-state index in [1.54, 1.807) is 7.11 Å². The average molecular weight is 271 g/mol. The van der Waals surface area contributed by atoms with Gasteiger partial charge in [0.1, 0.15) is 11.0 Å². The second-order valence-electron chi connectivity index (χ2n) is 5.29. The number of ether oxygens (including phenoxy) is 2. The molecule has 1 amide bonds. The molecule has 2 rings (SSSR count). The SMILES string of the molecule is COC1(CNC(=O)C2(C(N)=NO)CCC2)CCOC1. The molecule has 19 heavy (non-hydrogen) atoms. The van der Waals surface area contributed by atoms with E-state index in [1.165, 1.54) is 0 Å². The van der Waals surface area contributed by atoms with E-state index in [4.69, 9.17) is 20.4 Å². The lowest BCUT2D eigenvalue weighted by Crippen LogP contribution is -2.56. The van der Waals surface area contributed by atoms with E-state index in [-0.39, 0.29) is 11.7 Å². The van der Waals surface area contributed by atoms with Gasteiger partial charge >= 0.3 is 0 Å². The maximum atomic E-state index is 12.3. The molecule has 0 bridgehead atoms. The van der Waals surface area contributed by atoms with Crippen LogP contribution in [0, 0.1) is 5.41 Å². The number of hydrogen-bond donors (Lipinski definition) is 3. The van der Waals surface area contributed by atoms with Crippen molar-refractivity contribution in [2.24, 2.45) is 16.3 Å². The highest BCUT2D eigenvalue weighted by molar-refractivity contribution is 6.07. The Morgan fingerprint density at radius 1 is 1.53 bits per heavy atom. The zero-order valence-electron chi connectivity index (χ0n) is 11.1. The van der Waals surface area contributed by atoms with Gasteiger partial charge in [0, 0.05) is 26.7 Å². The minimum Gasteiger partial charge on any atom is -0.409 e. The molecular weight excluding hydrogens is 250 g/mol. The van der Waals surface area contributed by atoms with Crippen molar-refractivity contribution in [3.05, 3.63) is 0 Å². The molecule has 1 saturated heterocycles. The van der Waals surface area contributed by atoms with Crippen molar-refractivity contribution in [1.29, 1.82) is 0 Å². The summed E-state index contributed by atoms with van der Waals surface area (Å²) in [6, 6.07) is 0. The Hall–Kier alpha value is -1.34. The Labute approximate surface area is 112 Å². The molecule has 0 aromatic carbocycles. The minimum atomic E-state index is -0.844. The fourth-order valence-corrected chi connectivity index (χ4v) is 2.60. The molecule has 1 atom stereocenters. The highest BCUT2D eigenvalue weighted by atomic mass is 16.5. The van der Waals surface area contributed by atoms with E-state index in [0.717, 1.165) is 12.8 Å². The third-order valence-electron chi connectivity index (χ3n) is 4.31. The van der Waals surface area contributed by atoms with E-state index in [0.29, 0.717) is 32.6 Å². The van der Waals surface area contributed by atoms with Gasteiger partial charge in [-0.3, -0.25) is 4.79 Å². The summed E-state index contributed by atoms with van der Waals surface area (Å²) in [7, 11) is 1.61. The summed E-state index contributed by atoms with van der Waals surface area (Å²) in [6.07, 6.45) is 2.89. The number of carbonyl (C=O) groups is 1. The monoisotopic (exact) mass is 271 g/mol. The van der Waals surface area contributed by atoms with Gasteiger partial charge in [0.25, 0.3) is 0 Å². The van der Waals surface area contributed by atoms with Gasteiger partial charge in [0.15, 0.2) is 5.84 Å². The molecule has 2 fully saturated rings. The normalized spacial score (nSPS) is 29.8. The molecule has 2 aliphatic rings. The Morgan fingerprint density at radius 3 is 2.68 bits per heavy atom. The van der Waals surface area contributed by atoms with Gasteiger partial charge in [-0.15, -0.1) is 0 Å². The van der Waals surface area contributed by atoms with E-state index < -0.39 is 11.0 Å². The number of methoxy groups -OCH3 is 1. The molecule has 1 heterocycles. The molecule has 0 aromatic heterocycles. The lowest BCUT2D eigenvalue weighted by Gasteiger charge is -2.39. The van der Waals surface area contributed by atoms with Crippen LogP contribution < -0.4 is 11.1 Å². The summed E-state index contributed by atoms with van der Waals surface area (Å²) in [5.41, 5.74) is 4.35. The number of oxime groups is 1. The number of rotatable bonds is 5. The van der Waals surface area contributed by atoms with Crippen molar-refractivity contribution < 1.29 is 19.5 Å². The van der Waals surface area contributed by atoms with Crippen LogP contribution >= 0.6 is 0 Å². The lowest BCUT2D eigenvalue weighted by atomic mass is 9.67. The summed E-state index contributed by atoms with van der Waals surface area (Å²) < 4.78 is 10.8. The van der Waals surface area contributed by atoms with Crippen molar-refractivity contribution in [2.75, 3.05) is 26.9 Å². The van der Waals surface area contributed by atoms with Crippen molar-refractivity contribution in [1.82, 2.24) is 5.32 Å². The highest BCUT2D eigenvalue weighted by Gasteiger charge is 2.49. The molecule has 7 nitrogen and oxygen atoms in total. The van der Waals surface area contributed by atoms with Crippen LogP contribution in [-0.4, -0.2) is 49.4 Å². The quantitative estimate of drug-likeness (QED) is 0.278. The predicted molar refractivity (Wildman–Crippen MR) is 67.9 cm³/mol. The fraction of sp³-hybridized carbons (Fsp3) is 0.833. The smallest absolute Gasteiger partial charge is 0.234 e. The molecule has 0 radical (unpaired) electrons. The van der Waals surface area contributed by atoms with Crippen LogP contribution in [-0.2, 0) is 14.3 Å². The molecule has 1 aliphatic carbocycles. The average Bonchev–Trinajstić information content (AvgIpc) is 2.84. The summed E-state index contributed by atoms with van der Waals surface area (Å²) in [5, 5.41) is 14.7. The molecule has 7 heteroatoms. The Balaban J connectivity index is 1.97. The summed E-state index contributed by atoms with van der Waals surface area (Å²) >= 11 is 0. The number of amidine groups is 1. The van der Waals surface area contributed by atoms with Crippen LogP contribution in [0.4, 0.5) is 0 Å². The Kier molecular flexibility index (Phi) is 3.96. The van der Waals surface area contributed by atoms with Gasteiger partial charge in [-0.1, -0.05) is 11.6 Å². The van der Waals surface area contributed by atoms with Crippen molar-refractivity contribution in [3.63, 3.8) is 0 Å². The van der Waals surface area contributed by atoms with Crippen LogP contribution in [0.5, 0.6) is 0 Å². The summed E-state index contributed by atoms with van der Waals surface area (Å²) in [5.74, 6) is -0.206. The number of nitrogens with two attached hydrogens (primary N) is 1. The zero-order valence-corrected chi connectivity index (χ0v) is 11.1. The van der Waals surface area contributed by atoms with Gasteiger partial charge in [-0.2, -0.15) is 0 Å². The predicted octanol–water partition coefficient (Wildman–Crippen LogP) is -0.175. The number of carbonyl (C=O) groups excluding carboxylic acids is 1. The van der Waals surface area contributed by atoms with Crippen LogP contribution in [0.2, 0.25) is 0 Å². The fourth-order valence-electron chi connectivity index (χ4n) is 2.60. The third kappa shape index (κ3) is 2.40. The van der Waals surface area contributed by atoms with Gasteiger partial charge in [0.2, 0.25) is 5.91 Å². The van der Waals surface area contributed by atoms with Crippen LogP contribution in [0.25, 0.3) is 0 Å². The van der Waals surface area contributed by atoms with Gasteiger partial charge in [-0.05, 0) is 12.8 Å². The second-order valence-corrected chi connectivity index (χ2v) is 5.29. The first-order valence-electron chi connectivity index (χ1n) is 6.48. The molecular formula is C12H21N3O4. The Morgan fingerprint density at radius 2 is 2.26 bits per heavy atom. The molecule has 1 saturated carbocycles.